The van der Waals surface area contributed by atoms with E-state index < -0.39 is 0 Å². The Morgan fingerprint density at radius 2 is 1.78 bits per heavy atom. The maximum Gasteiger partial charge on any atom is 0.0329 e. The second kappa shape index (κ2) is 10.2. The molecule has 1 atom stereocenters. The molecule has 2 nitrogen and oxygen atoms in total. The first-order chi connectivity index (χ1) is 8.79. The molecule has 1 heterocycles. The van der Waals surface area contributed by atoms with Crippen LogP contribution in [0.3, 0.4) is 0 Å². The number of likely N-dealkylation sites (tertiary alicyclic amines) is 1. The predicted molar refractivity (Wildman–Crippen MR) is 82.8 cm³/mol. The fourth-order valence-corrected chi connectivity index (χ4v) is 2.25. The molecule has 2 heteroatoms. The van der Waals surface area contributed by atoms with Crippen molar-refractivity contribution in [1.29, 1.82) is 0 Å². The van der Waals surface area contributed by atoms with Crippen LogP contribution in [0.5, 0.6) is 0 Å². The Labute approximate surface area is 114 Å². The van der Waals surface area contributed by atoms with Gasteiger partial charge in [0.2, 0.25) is 0 Å². The lowest BCUT2D eigenvalue weighted by atomic mass is 10.0. The van der Waals surface area contributed by atoms with Crippen molar-refractivity contribution in [1.82, 2.24) is 10.2 Å². The summed E-state index contributed by atoms with van der Waals surface area (Å²) in [5, 5.41) is 3.36. The minimum atomic E-state index is 0.697. The number of rotatable bonds is 2. The maximum absolute atomic E-state index is 3.36. The van der Waals surface area contributed by atoms with Crippen molar-refractivity contribution in [3.8, 4) is 0 Å². The van der Waals surface area contributed by atoms with E-state index in [0.717, 1.165) is 0 Å². The van der Waals surface area contributed by atoms with Crippen LogP contribution in [-0.4, -0.2) is 31.1 Å². The standard InChI is InChI=1S/C12H20N2.2C2H6/c1-10-3-5-12(6-4-10)14-8-7-11(9-14)13-2;2*1-2/h3,5,11,13H,4,6-9H2,1-2H3;2*1-2H3/t11-;;/m0../s1. The molecule has 0 aromatic rings. The van der Waals surface area contributed by atoms with Crippen molar-refractivity contribution in [2.75, 3.05) is 20.1 Å². The van der Waals surface area contributed by atoms with E-state index in [9.17, 15) is 0 Å². The molecule has 0 aromatic carbocycles. The molecule has 0 unspecified atom stereocenters. The van der Waals surface area contributed by atoms with E-state index in [4.69, 9.17) is 0 Å². The van der Waals surface area contributed by atoms with Crippen LogP contribution in [0.25, 0.3) is 0 Å². The molecule has 1 aliphatic carbocycles. The highest BCUT2D eigenvalue weighted by Gasteiger charge is 2.22. The summed E-state index contributed by atoms with van der Waals surface area (Å²) in [5.41, 5.74) is 3.05. The van der Waals surface area contributed by atoms with Gasteiger partial charge in [0.25, 0.3) is 0 Å². The number of hydrogen-bond acceptors (Lipinski definition) is 2. The fraction of sp³-hybridized carbons (Fsp3) is 0.750. The molecule has 2 aliphatic rings. The van der Waals surface area contributed by atoms with Crippen molar-refractivity contribution in [3.63, 3.8) is 0 Å². The molecule has 1 saturated heterocycles. The summed E-state index contributed by atoms with van der Waals surface area (Å²) in [6.45, 7) is 12.6. The molecular weight excluding hydrogens is 220 g/mol. The van der Waals surface area contributed by atoms with Gasteiger partial charge in [0.05, 0.1) is 0 Å². The van der Waals surface area contributed by atoms with Crippen molar-refractivity contribution in [3.05, 3.63) is 23.4 Å². The Morgan fingerprint density at radius 1 is 1.11 bits per heavy atom. The van der Waals surface area contributed by atoms with E-state index in [2.05, 4.69) is 36.3 Å². The lowest BCUT2D eigenvalue weighted by Crippen LogP contribution is -2.29. The van der Waals surface area contributed by atoms with E-state index in [1.165, 1.54) is 43.6 Å². The van der Waals surface area contributed by atoms with Crippen LogP contribution in [0.4, 0.5) is 0 Å². The fourth-order valence-electron chi connectivity index (χ4n) is 2.25. The Kier molecular flexibility index (Phi) is 9.76. The molecule has 106 valence electrons. The van der Waals surface area contributed by atoms with Crippen molar-refractivity contribution in [2.45, 2.75) is 59.9 Å². The third kappa shape index (κ3) is 5.26. The van der Waals surface area contributed by atoms with Gasteiger partial charge in [0, 0.05) is 24.8 Å². The molecule has 0 bridgehead atoms. The quantitative estimate of drug-likeness (QED) is 0.800. The highest BCUT2D eigenvalue weighted by Crippen LogP contribution is 2.24. The zero-order valence-electron chi connectivity index (χ0n) is 13.2. The first kappa shape index (κ1) is 17.2. The summed E-state index contributed by atoms with van der Waals surface area (Å²) in [4.78, 5) is 2.53. The van der Waals surface area contributed by atoms with Crippen LogP contribution >= 0.6 is 0 Å². The Balaban J connectivity index is 0.000000659. The van der Waals surface area contributed by atoms with E-state index >= 15 is 0 Å². The zero-order chi connectivity index (χ0) is 14.0. The van der Waals surface area contributed by atoms with Crippen LogP contribution in [0.1, 0.15) is 53.9 Å². The van der Waals surface area contributed by atoms with E-state index in [1.807, 2.05) is 27.7 Å². The monoisotopic (exact) mass is 252 g/mol. The molecule has 2 rings (SSSR count). The minimum absolute atomic E-state index is 0.697. The first-order valence-electron chi connectivity index (χ1n) is 7.58. The summed E-state index contributed by atoms with van der Waals surface area (Å²) < 4.78 is 0. The smallest absolute Gasteiger partial charge is 0.0329 e. The van der Waals surface area contributed by atoms with Gasteiger partial charge >= 0.3 is 0 Å². The molecule has 18 heavy (non-hydrogen) atoms. The molecule has 1 aliphatic heterocycles. The van der Waals surface area contributed by atoms with Gasteiger partial charge in [0.15, 0.2) is 0 Å². The topological polar surface area (TPSA) is 15.3 Å². The van der Waals surface area contributed by atoms with Crippen molar-refractivity contribution >= 4 is 0 Å². The highest BCUT2D eigenvalue weighted by molar-refractivity contribution is 5.22. The lowest BCUT2D eigenvalue weighted by Gasteiger charge is -2.24. The molecule has 0 radical (unpaired) electrons. The molecule has 1 fully saturated rings. The van der Waals surface area contributed by atoms with E-state index in [-0.39, 0.29) is 0 Å². The number of hydrogen-bond donors (Lipinski definition) is 1. The molecule has 0 aromatic heterocycles. The lowest BCUT2D eigenvalue weighted by molar-refractivity contribution is 0.394. The van der Waals surface area contributed by atoms with Gasteiger partial charge in [0.1, 0.15) is 0 Å². The van der Waals surface area contributed by atoms with Gasteiger partial charge in [-0.2, -0.15) is 0 Å². The van der Waals surface area contributed by atoms with Gasteiger partial charge < -0.3 is 10.2 Å². The predicted octanol–water partition coefficient (Wildman–Crippen LogP) is 3.96. The van der Waals surface area contributed by atoms with E-state index in [1.54, 1.807) is 0 Å². The molecule has 0 spiro atoms. The number of nitrogens with zero attached hydrogens (tertiary/aromatic N) is 1. The third-order valence-corrected chi connectivity index (χ3v) is 3.34. The molecule has 0 amide bonds. The molecule has 0 saturated carbocycles. The summed E-state index contributed by atoms with van der Waals surface area (Å²) in [7, 11) is 2.06. The van der Waals surface area contributed by atoms with Crippen molar-refractivity contribution < 1.29 is 0 Å². The second-order valence-corrected chi connectivity index (χ2v) is 4.39. The average molecular weight is 252 g/mol. The second-order valence-electron chi connectivity index (χ2n) is 4.39. The third-order valence-electron chi connectivity index (χ3n) is 3.34. The Bertz CT molecular complexity index is 266. The maximum atomic E-state index is 3.36. The van der Waals surface area contributed by atoms with Crippen molar-refractivity contribution in [2.24, 2.45) is 0 Å². The van der Waals surface area contributed by atoms with Crippen LogP contribution in [0.2, 0.25) is 0 Å². The first-order valence-corrected chi connectivity index (χ1v) is 7.58. The van der Waals surface area contributed by atoms with Gasteiger partial charge in [-0.05, 0) is 39.3 Å². The summed E-state index contributed by atoms with van der Waals surface area (Å²) in [5.74, 6) is 0. The van der Waals surface area contributed by atoms with Crippen LogP contribution in [0, 0.1) is 0 Å². The van der Waals surface area contributed by atoms with Gasteiger partial charge in [-0.15, -0.1) is 0 Å². The Hall–Kier alpha value is -0.760. The SMILES string of the molecule is CC.CC.CN[C@H]1CCN(C2=CC=C(C)CC2)C1. The van der Waals surface area contributed by atoms with Crippen LogP contribution in [-0.2, 0) is 0 Å². The summed E-state index contributed by atoms with van der Waals surface area (Å²) in [6, 6.07) is 0.697. The van der Waals surface area contributed by atoms with Gasteiger partial charge in [-0.3, -0.25) is 0 Å². The zero-order valence-corrected chi connectivity index (χ0v) is 13.2. The minimum Gasteiger partial charge on any atom is -0.373 e. The van der Waals surface area contributed by atoms with Gasteiger partial charge in [-0.25, -0.2) is 0 Å². The van der Waals surface area contributed by atoms with Crippen LogP contribution in [0.15, 0.2) is 23.4 Å². The number of allylic oxidation sites excluding steroid dienone is 4. The van der Waals surface area contributed by atoms with E-state index in [0.29, 0.717) is 6.04 Å². The van der Waals surface area contributed by atoms with Crippen LogP contribution < -0.4 is 5.32 Å². The number of likely N-dealkylation sites (N-methyl/N-ethyl adjacent to an activating group) is 1. The average Bonchev–Trinajstić information content (AvgIpc) is 2.93. The summed E-state index contributed by atoms with van der Waals surface area (Å²) >= 11 is 0. The summed E-state index contributed by atoms with van der Waals surface area (Å²) in [6.07, 6.45) is 8.34. The normalized spacial score (nSPS) is 22.1. The van der Waals surface area contributed by atoms with Gasteiger partial charge in [-0.1, -0.05) is 39.3 Å². The molecule has 1 N–H and O–H groups in total. The number of nitrogens with one attached hydrogen (secondary N) is 1. The molecular formula is C16H32N2. The largest absolute Gasteiger partial charge is 0.373 e. The highest BCUT2D eigenvalue weighted by atomic mass is 15.2. The Morgan fingerprint density at radius 3 is 2.22 bits per heavy atom.